The lowest BCUT2D eigenvalue weighted by molar-refractivity contribution is -0.159. The van der Waals surface area contributed by atoms with Crippen molar-refractivity contribution in [2.24, 2.45) is 17.1 Å². The van der Waals surface area contributed by atoms with Gasteiger partial charge in [0.25, 0.3) is 5.91 Å². The van der Waals surface area contributed by atoms with Gasteiger partial charge in [0.2, 0.25) is 29.5 Å². The molecule has 0 bridgehead atoms. The molecule has 1 aromatic carbocycles. The van der Waals surface area contributed by atoms with Gasteiger partial charge in [-0.15, -0.1) is 0 Å². The van der Waals surface area contributed by atoms with E-state index in [1.54, 1.807) is 45.0 Å². The van der Waals surface area contributed by atoms with Gasteiger partial charge in [-0.05, 0) is 55.0 Å². The van der Waals surface area contributed by atoms with Gasteiger partial charge in [-0.3, -0.25) is 48.1 Å². The lowest BCUT2D eigenvalue weighted by Crippen LogP contribution is -2.64. The molecule has 11 N–H and O–H groups in total. The molecule has 5 atom stereocenters. The Labute approximate surface area is 349 Å². The van der Waals surface area contributed by atoms with Crippen molar-refractivity contribution >= 4 is 60.5 Å². The van der Waals surface area contributed by atoms with Crippen molar-refractivity contribution in [1.29, 1.82) is 0 Å². The van der Waals surface area contributed by atoms with Crippen LogP contribution in [-0.2, 0) is 49.6 Å². The van der Waals surface area contributed by atoms with Gasteiger partial charge in [0, 0.05) is 25.8 Å². The van der Waals surface area contributed by atoms with Crippen molar-refractivity contribution in [3.05, 3.63) is 35.4 Å². The summed E-state index contributed by atoms with van der Waals surface area (Å²) in [7, 11) is -1.51. The molecular formula is C39H61BN6O14. The third-order valence-electron chi connectivity index (χ3n) is 9.23. The van der Waals surface area contributed by atoms with Gasteiger partial charge >= 0.3 is 25.0 Å². The number of nitrogens with one attached hydrogen (secondary N) is 4. The van der Waals surface area contributed by atoms with Gasteiger partial charge in [0.15, 0.2) is 0 Å². The third kappa shape index (κ3) is 19.1. The number of aliphatic carboxylic acids is 3. The number of imide groups is 1. The Bertz CT molecular complexity index is 1680. The molecule has 0 fully saturated rings. The first-order chi connectivity index (χ1) is 27.8. The van der Waals surface area contributed by atoms with Crippen LogP contribution in [0.15, 0.2) is 24.3 Å². The number of nitrogens with two attached hydrogens (primary N) is 1. The Morgan fingerprint density at radius 3 is 1.87 bits per heavy atom. The number of carbonyl (C=O) groups excluding carboxylic acids is 6. The highest BCUT2D eigenvalue weighted by Gasteiger charge is 2.46. The Morgan fingerprint density at radius 2 is 1.33 bits per heavy atom. The Hall–Kier alpha value is -5.41. The van der Waals surface area contributed by atoms with Crippen molar-refractivity contribution in [2.75, 3.05) is 6.54 Å². The normalized spacial score (nSPS) is 13.8. The van der Waals surface area contributed by atoms with Gasteiger partial charge in [-0.2, -0.15) is 0 Å². The number of carboxylic acids is 3. The molecule has 0 aliphatic rings. The van der Waals surface area contributed by atoms with E-state index in [0.717, 1.165) is 0 Å². The molecule has 6 amide bonds. The van der Waals surface area contributed by atoms with E-state index >= 15 is 0 Å². The number of carbonyl (C=O) groups is 9. The Kier molecular flexibility index (Phi) is 22.2. The number of rotatable bonds is 26. The summed E-state index contributed by atoms with van der Waals surface area (Å²) in [5.74, 6) is -10.4. The molecule has 0 aromatic heterocycles. The first-order valence-electron chi connectivity index (χ1n) is 19.7. The molecule has 0 aliphatic heterocycles. The molecule has 21 heteroatoms. The molecule has 20 nitrogen and oxygen atoms in total. The SMILES string of the molecule is Cc1ccccc1C[C@H](NC(=O)[C@H](CCC(=O)O)NC(=O)[C@@H](N)CC(=O)O)C(=O)N(C(=O)CCC(=O)O)[C@H](C(=O)N[C@@H](CC(C)C)C(=O)NCCCCB(O)O)C(C)(C)C. The fraction of sp³-hybridized carbons (Fsp3) is 0.615. The van der Waals surface area contributed by atoms with E-state index in [4.69, 9.17) is 20.9 Å². The zero-order valence-electron chi connectivity index (χ0n) is 35.1. The lowest BCUT2D eigenvalue weighted by Gasteiger charge is -2.40. The van der Waals surface area contributed by atoms with Crippen LogP contribution in [0.1, 0.15) is 97.1 Å². The topological polar surface area (TPSA) is 332 Å². The van der Waals surface area contributed by atoms with E-state index in [1.807, 2.05) is 0 Å². The standard InChI is InChI=1S/C39H61BN6O14/c1-22(2)19-27(35(55)42-18-10-9-17-40(59)60)44-37(57)33(39(4,5)6)46(29(47)14-16-31(50)51)38(58)28(20-24-12-8-7-11-23(24)3)45-36(56)26(13-15-30(48)49)43-34(54)25(41)21-32(52)53/h7-8,11-12,22,25-28,33,59-60H,9-10,13-21,41H2,1-6H3,(H,42,55)(H,43,54)(H,44,57)(H,45,56)(H,48,49)(H,50,51)(H,52,53)/t25-,26-,27-,28-,33+/m0/s1. The van der Waals surface area contributed by atoms with E-state index in [9.17, 15) is 53.4 Å². The van der Waals surface area contributed by atoms with Crippen LogP contribution in [-0.4, -0.2) is 127 Å². The molecule has 0 spiro atoms. The van der Waals surface area contributed by atoms with Crippen LogP contribution in [0.2, 0.25) is 6.32 Å². The van der Waals surface area contributed by atoms with E-state index in [0.29, 0.717) is 28.9 Å². The Balaban J connectivity index is 3.85. The van der Waals surface area contributed by atoms with Crippen LogP contribution in [0.3, 0.4) is 0 Å². The minimum atomic E-state index is -1.72. The predicted molar refractivity (Wildman–Crippen MR) is 216 cm³/mol. The average Bonchev–Trinajstić information content (AvgIpc) is 3.12. The molecule has 1 rings (SSSR count). The molecule has 0 saturated heterocycles. The number of unbranched alkanes of at least 4 members (excludes halogenated alkanes) is 1. The monoisotopic (exact) mass is 848 g/mol. The van der Waals surface area contributed by atoms with Crippen molar-refractivity contribution < 1.29 is 68.5 Å². The number of amides is 6. The summed E-state index contributed by atoms with van der Waals surface area (Å²) >= 11 is 0. The number of nitrogens with zero attached hydrogens (tertiary/aromatic N) is 1. The summed E-state index contributed by atoms with van der Waals surface area (Å²) in [6.07, 6.45) is -2.87. The summed E-state index contributed by atoms with van der Waals surface area (Å²) in [4.78, 5) is 119. The van der Waals surface area contributed by atoms with E-state index in [-0.39, 0.29) is 31.6 Å². The molecule has 0 saturated carbocycles. The molecule has 0 aliphatic carbocycles. The maximum atomic E-state index is 14.9. The van der Waals surface area contributed by atoms with Gasteiger partial charge in [-0.25, -0.2) is 0 Å². The summed E-state index contributed by atoms with van der Waals surface area (Å²) in [6, 6.07) is -1.24. The average molecular weight is 849 g/mol. The highest BCUT2D eigenvalue weighted by atomic mass is 16.4. The van der Waals surface area contributed by atoms with E-state index in [2.05, 4.69) is 21.3 Å². The number of hydrogen-bond donors (Lipinski definition) is 10. The van der Waals surface area contributed by atoms with Crippen molar-refractivity contribution in [3.63, 3.8) is 0 Å². The lowest BCUT2D eigenvalue weighted by atomic mass is 9.83. The smallest absolute Gasteiger partial charge is 0.451 e. The van der Waals surface area contributed by atoms with Gasteiger partial charge in [0.05, 0.1) is 18.9 Å². The summed E-state index contributed by atoms with van der Waals surface area (Å²) in [5.41, 5.74) is 5.52. The molecule has 0 heterocycles. The van der Waals surface area contributed by atoms with Crippen LogP contribution < -0.4 is 27.0 Å². The maximum absolute atomic E-state index is 14.9. The molecule has 1 aromatic rings. The molecular weight excluding hydrogens is 787 g/mol. The Morgan fingerprint density at radius 1 is 0.750 bits per heavy atom. The quantitative estimate of drug-likeness (QED) is 0.0423. The molecule has 60 heavy (non-hydrogen) atoms. The first kappa shape index (κ1) is 52.6. The summed E-state index contributed by atoms with van der Waals surface area (Å²) < 4.78 is 0. The van der Waals surface area contributed by atoms with Gasteiger partial charge < -0.3 is 52.4 Å². The molecule has 0 unspecified atom stereocenters. The van der Waals surface area contributed by atoms with Gasteiger partial charge in [-0.1, -0.05) is 65.3 Å². The van der Waals surface area contributed by atoms with Crippen molar-refractivity contribution in [1.82, 2.24) is 26.2 Å². The zero-order chi connectivity index (χ0) is 45.9. The van der Waals surface area contributed by atoms with E-state index < -0.39 is 128 Å². The predicted octanol–water partition coefficient (Wildman–Crippen LogP) is -0.291. The summed E-state index contributed by atoms with van der Waals surface area (Å²) in [6.45, 7) is 10.0. The minimum Gasteiger partial charge on any atom is -0.481 e. The number of benzene rings is 1. The summed E-state index contributed by atoms with van der Waals surface area (Å²) in [5, 5.41) is 56.3. The fourth-order valence-electron chi connectivity index (χ4n) is 6.16. The first-order valence-corrected chi connectivity index (χ1v) is 19.7. The zero-order valence-corrected chi connectivity index (χ0v) is 35.1. The van der Waals surface area contributed by atoms with Crippen LogP contribution in [0, 0.1) is 18.3 Å². The maximum Gasteiger partial charge on any atom is 0.451 e. The second kappa shape index (κ2) is 25.3. The third-order valence-corrected chi connectivity index (χ3v) is 9.23. The number of hydrogen-bond acceptors (Lipinski definition) is 12. The van der Waals surface area contributed by atoms with Gasteiger partial charge in [0.1, 0.15) is 24.2 Å². The van der Waals surface area contributed by atoms with Crippen molar-refractivity contribution in [2.45, 2.75) is 136 Å². The molecule has 334 valence electrons. The fourth-order valence-corrected chi connectivity index (χ4v) is 6.16. The number of carboxylic acid groups (broad SMARTS) is 3. The van der Waals surface area contributed by atoms with E-state index in [1.165, 1.54) is 20.8 Å². The highest BCUT2D eigenvalue weighted by molar-refractivity contribution is 6.40. The largest absolute Gasteiger partial charge is 0.481 e. The van der Waals surface area contributed by atoms with Crippen LogP contribution in [0.25, 0.3) is 0 Å². The second-order valence-corrected chi connectivity index (χ2v) is 16.1. The van der Waals surface area contributed by atoms with Crippen LogP contribution in [0.5, 0.6) is 0 Å². The second-order valence-electron chi connectivity index (χ2n) is 16.1. The highest BCUT2D eigenvalue weighted by Crippen LogP contribution is 2.28. The van der Waals surface area contributed by atoms with Crippen LogP contribution >= 0.6 is 0 Å². The number of aryl methyl sites for hydroxylation is 1. The van der Waals surface area contributed by atoms with Crippen LogP contribution in [0.4, 0.5) is 0 Å². The van der Waals surface area contributed by atoms with Crippen molar-refractivity contribution in [3.8, 4) is 0 Å². The minimum absolute atomic E-state index is 0.0823. The molecule has 0 radical (unpaired) electrons.